The fraction of sp³-hybridized carbons (Fsp3) is 0.679. The van der Waals surface area contributed by atoms with Crippen LogP contribution in [0.2, 0.25) is 0 Å². The summed E-state index contributed by atoms with van der Waals surface area (Å²) in [4.78, 5) is 45.2. The maximum absolute atomic E-state index is 13.5. The number of hydrogen-bond donors (Lipinski definition) is 2. The van der Waals surface area contributed by atoms with Gasteiger partial charge in [-0.3, -0.25) is 19.3 Å². The number of nitrogens with zero attached hydrogens (tertiary/aromatic N) is 3. The summed E-state index contributed by atoms with van der Waals surface area (Å²) in [6.45, 7) is 14.2. The number of rotatable bonds is 6. The van der Waals surface area contributed by atoms with Gasteiger partial charge in [0, 0.05) is 43.5 Å². The van der Waals surface area contributed by atoms with Gasteiger partial charge in [-0.2, -0.15) is 40.5 Å². The molecule has 3 saturated heterocycles. The van der Waals surface area contributed by atoms with Crippen LogP contribution in [0.25, 0.3) is 0 Å². The number of ketones is 1. The van der Waals surface area contributed by atoms with E-state index in [0.29, 0.717) is 18.0 Å². The van der Waals surface area contributed by atoms with E-state index < -0.39 is 24.3 Å². The molecule has 0 radical (unpaired) electrons. The summed E-state index contributed by atoms with van der Waals surface area (Å²) in [7, 11) is 0. The molecule has 230 valence electrons. The second-order valence-electron chi connectivity index (χ2n) is 11.7. The van der Waals surface area contributed by atoms with Gasteiger partial charge in [-0.05, 0) is 49.9 Å². The smallest absolute Gasteiger partial charge is 0.251 e. The number of β-amino-alcohol motifs (C(OH)–C–C–N with tert-alkyl or cyclic N) is 1. The molecule has 4 rings (SSSR count). The largest absolute Gasteiger partial charge is 0.388 e. The molecular weight excluding hydrogens is 569 g/mol. The second-order valence-corrected chi connectivity index (χ2v) is 11.7. The Labute approximate surface area is 260 Å². The molecule has 9 nitrogen and oxygen atoms in total. The lowest BCUT2D eigenvalue weighted by molar-refractivity contribution is -0.138. The van der Waals surface area contributed by atoms with Crippen LogP contribution in [-0.2, 0) is 14.3 Å². The molecule has 1 aromatic rings. The van der Waals surface area contributed by atoms with Gasteiger partial charge in [0.15, 0.2) is 5.78 Å². The zero-order valence-electron chi connectivity index (χ0n) is 23.6. The molecule has 3 fully saturated rings. The van der Waals surface area contributed by atoms with Crippen molar-refractivity contribution in [2.45, 2.75) is 78.8 Å². The average Bonchev–Trinajstić information content (AvgIpc) is 3.37. The van der Waals surface area contributed by atoms with E-state index in [1.807, 2.05) is 32.9 Å². The number of anilines is 1. The molecule has 3 heterocycles. The van der Waals surface area contributed by atoms with Crippen molar-refractivity contribution in [1.82, 2.24) is 15.1 Å². The van der Waals surface area contributed by atoms with Gasteiger partial charge < -0.3 is 25.0 Å². The number of nitrogens with one attached hydrogen (secondary N) is 1. The Morgan fingerprint density at radius 1 is 1.05 bits per heavy atom. The first-order chi connectivity index (χ1) is 16.9. The molecular formula is C28H50N4O5S3. The van der Waals surface area contributed by atoms with E-state index in [4.69, 9.17) is 4.74 Å². The fourth-order valence-electron chi connectivity index (χ4n) is 5.43. The van der Waals surface area contributed by atoms with Gasteiger partial charge in [0.25, 0.3) is 5.91 Å². The Balaban J connectivity index is 0.00000380. The van der Waals surface area contributed by atoms with Crippen LogP contribution in [-0.4, -0.2) is 102 Å². The number of ether oxygens (including phenoxy) is 1. The number of hydrogen-bond acceptors (Lipinski definition) is 7. The lowest BCUT2D eigenvalue weighted by Crippen LogP contribution is -2.53. The molecule has 2 N–H and O–H groups in total. The van der Waals surface area contributed by atoms with E-state index in [1.54, 1.807) is 12.1 Å². The SMILES string of the molecule is C.CC(C)N1CCN(c2ccc(C(=O)N[C@@H](CC(C)(C)C)C(=O)N3C[C@@H](O)[C@H]4OCC(=O)[C@H]43)cc2)CC1.S.S.S. The van der Waals surface area contributed by atoms with Crippen molar-refractivity contribution in [2.75, 3.05) is 44.2 Å². The van der Waals surface area contributed by atoms with Crippen LogP contribution in [0, 0.1) is 5.41 Å². The van der Waals surface area contributed by atoms with E-state index in [2.05, 4.69) is 29.0 Å². The Morgan fingerprint density at radius 2 is 1.62 bits per heavy atom. The number of aliphatic hydroxyl groups excluding tert-OH is 1. The molecule has 3 aliphatic heterocycles. The van der Waals surface area contributed by atoms with Crippen molar-refractivity contribution in [2.24, 2.45) is 5.41 Å². The number of fused-ring (bicyclic) bond motifs is 1. The number of amides is 2. The molecule has 4 atom stereocenters. The zero-order chi connectivity index (χ0) is 26.2. The first-order valence-electron chi connectivity index (χ1n) is 13.0. The minimum Gasteiger partial charge on any atom is -0.388 e. The average molecular weight is 619 g/mol. The standard InChI is InChI=1S/C27H40N4O5.CH4.3H2S/c1-17(2)29-10-12-30(13-11-29)19-8-6-18(7-9-19)25(34)28-20(14-27(3,4)5)26(35)31-15-21(32)24-23(31)22(33)16-36-24;;;;/h6-9,17,20-21,23-24,32H,10-16H2,1-5H3,(H,28,34);1H4;3*1H2/t20-,21+,23+,24+;;;;/m0..../s1. The molecule has 40 heavy (non-hydrogen) atoms. The van der Waals surface area contributed by atoms with Crippen molar-refractivity contribution in [3.63, 3.8) is 0 Å². The van der Waals surface area contributed by atoms with Crippen LogP contribution >= 0.6 is 40.5 Å². The summed E-state index contributed by atoms with van der Waals surface area (Å²) in [5.41, 5.74) is 1.31. The highest BCUT2D eigenvalue weighted by atomic mass is 32.1. The first-order valence-corrected chi connectivity index (χ1v) is 13.0. The monoisotopic (exact) mass is 618 g/mol. The summed E-state index contributed by atoms with van der Waals surface area (Å²) in [5.74, 6) is -0.905. The molecule has 0 aromatic heterocycles. The van der Waals surface area contributed by atoms with Gasteiger partial charge in [0.2, 0.25) is 5.91 Å². The van der Waals surface area contributed by atoms with Crippen molar-refractivity contribution in [1.29, 1.82) is 0 Å². The number of carbonyl (C=O) groups is 3. The van der Waals surface area contributed by atoms with E-state index in [-0.39, 0.29) is 84.1 Å². The quantitative estimate of drug-likeness (QED) is 0.505. The molecule has 1 aromatic carbocycles. The minimum absolute atomic E-state index is 0. The number of carbonyl (C=O) groups excluding carboxylic acids is 3. The maximum Gasteiger partial charge on any atom is 0.251 e. The third-order valence-electron chi connectivity index (χ3n) is 7.40. The number of Topliss-reactive ketones (excluding diaryl/α,β-unsaturated/α-hetero) is 1. The van der Waals surface area contributed by atoms with Gasteiger partial charge in [0.05, 0.1) is 6.54 Å². The van der Waals surface area contributed by atoms with Gasteiger partial charge in [-0.25, -0.2) is 0 Å². The molecule has 0 aliphatic carbocycles. The summed E-state index contributed by atoms with van der Waals surface area (Å²) in [5, 5.41) is 13.2. The molecule has 0 spiro atoms. The van der Waals surface area contributed by atoms with Gasteiger partial charge in [-0.15, -0.1) is 0 Å². The Bertz CT molecular complexity index is 981. The van der Waals surface area contributed by atoms with E-state index in [9.17, 15) is 19.5 Å². The van der Waals surface area contributed by atoms with Gasteiger partial charge >= 0.3 is 0 Å². The third-order valence-corrected chi connectivity index (χ3v) is 7.40. The highest BCUT2D eigenvalue weighted by Crippen LogP contribution is 2.30. The third kappa shape index (κ3) is 8.78. The topological polar surface area (TPSA) is 102 Å². The number of likely N-dealkylation sites (tertiary alicyclic amines) is 1. The fourth-order valence-corrected chi connectivity index (χ4v) is 5.43. The minimum atomic E-state index is -0.911. The van der Waals surface area contributed by atoms with Crippen LogP contribution in [0.1, 0.15) is 58.8 Å². The van der Waals surface area contributed by atoms with Crippen LogP contribution in [0.4, 0.5) is 5.69 Å². The Morgan fingerprint density at radius 3 is 2.15 bits per heavy atom. The maximum atomic E-state index is 13.5. The molecule has 0 saturated carbocycles. The lowest BCUT2D eigenvalue weighted by Gasteiger charge is -2.38. The second kappa shape index (κ2) is 15.7. The predicted octanol–water partition coefficient (Wildman–Crippen LogP) is 2.27. The van der Waals surface area contributed by atoms with Gasteiger partial charge in [-0.1, -0.05) is 28.2 Å². The molecule has 2 amide bonds. The predicted molar refractivity (Wildman–Crippen MR) is 175 cm³/mol. The Hall–Kier alpha value is -1.44. The van der Waals surface area contributed by atoms with Crippen LogP contribution in [0.5, 0.6) is 0 Å². The number of benzene rings is 1. The summed E-state index contributed by atoms with van der Waals surface area (Å²) in [6.07, 6.45) is -1.21. The van der Waals surface area contributed by atoms with E-state index in [1.165, 1.54) is 4.90 Å². The van der Waals surface area contributed by atoms with Crippen molar-refractivity contribution < 1.29 is 24.2 Å². The summed E-state index contributed by atoms with van der Waals surface area (Å²) < 4.78 is 5.40. The van der Waals surface area contributed by atoms with Crippen molar-refractivity contribution >= 4 is 63.8 Å². The molecule has 0 unspecified atom stereocenters. The normalized spacial score (nSPS) is 23.3. The highest BCUT2D eigenvalue weighted by Gasteiger charge is 2.53. The molecule has 12 heteroatoms. The first kappa shape index (κ1) is 38.6. The van der Waals surface area contributed by atoms with Crippen LogP contribution < -0.4 is 10.2 Å². The molecule has 0 bridgehead atoms. The molecule has 3 aliphatic rings. The van der Waals surface area contributed by atoms with E-state index >= 15 is 0 Å². The van der Waals surface area contributed by atoms with Gasteiger partial charge in [0.1, 0.15) is 30.9 Å². The summed E-state index contributed by atoms with van der Waals surface area (Å²) in [6, 6.07) is 6.43. The highest BCUT2D eigenvalue weighted by molar-refractivity contribution is 7.59. The van der Waals surface area contributed by atoms with Crippen LogP contribution in [0.3, 0.4) is 0 Å². The van der Waals surface area contributed by atoms with Crippen molar-refractivity contribution in [3.8, 4) is 0 Å². The zero-order valence-corrected chi connectivity index (χ0v) is 26.6. The Kier molecular flexibility index (Phi) is 15.1. The number of aliphatic hydroxyl groups is 1. The van der Waals surface area contributed by atoms with E-state index in [0.717, 1.165) is 31.9 Å². The summed E-state index contributed by atoms with van der Waals surface area (Å²) >= 11 is 0. The number of piperazine rings is 1. The van der Waals surface area contributed by atoms with Crippen LogP contribution in [0.15, 0.2) is 24.3 Å². The van der Waals surface area contributed by atoms with Crippen molar-refractivity contribution in [3.05, 3.63) is 29.8 Å². The lowest BCUT2D eigenvalue weighted by atomic mass is 9.87.